The quantitative estimate of drug-likeness (QED) is 0.847. The van der Waals surface area contributed by atoms with E-state index in [0.717, 1.165) is 38.5 Å². The maximum Gasteiger partial charge on any atom is 0.249 e. The van der Waals surface area contributed by atoms with Crippen LogP contribution < -0.4 is 5.32 Å². The highest BCUT2D eigenvalue weighted by atomic mass is 32.2. The van der Waals surface area contributed by atoms with Crippen LogP contribution in [-0.2, 0) is 14.6 Å². The molecule has 0 aliphatic heterocycles. The van der Waals surface area contributed by atoms with Gasteiger partial charge in [-0.15, -0.1) is 10.2 Å². The third kappa shape index (κ3) is 3.91. The Hall–Kier alpha value is -1.44. The van der Waals surface area contributed by atoms with E-state index in [9.17, 15) is 13.2 Å². The van der Waals surface area contributed by atoms with Crippen molar-refractivity contribution in [3.63, 3.8) is 0 Å². The van der Waals surface area contributed by atoms with Gasteiger partial charge >= 0.3 is 0 Å². The summed E-state index contributed by atoms with van der Waals surface area (Å²) < 4.78 is 27.0. The van der Waals surface area contributed by atoms with Crippen LogP contribution in [-0.4, -0.2) is 40.9 Å². The number of carbonyl (C=O) groups excluding carboxylic acids is 1. The van der Waals surface area contributed by atoms with E-state index < -0.39 is 9.84 Å². The summed E-state index contributed by atoms with van der Waals surface area (Å²) in [6.07, 6.45) is 7.29. The fourth-order valence-corrected chi connectivity index (χ4v) is 4.55. The molecule has 7 nitrogen and oxygen atoms in total. The van der Waals surface area contributed by atoms with Gasteiger partial charge < -0.3 is 5.32 Å². The van der Waals surface area contributed by atoms with Gasteiger partial charge in [-0.2, -0.15) is 0 Å². The van der Waals surface area contributed by atoms with Crippen LogP contribution in [0.15, 0.2) is 5.16 Å². The molecule has 2 fully saturated rings. The molecule has 1 aromatic rings. The molecule has 128 valence electrons. The van der Waals surface area contributed by atoms with Gasteiger partial charge in [-0.25, -0.2) is 8.42 Å². The van der Waals surface area contributed by atoms with Crippen LogP contribution in [0.5, 0.6) is 0 Å². The molecule has 3 rings (SSSR count). The van der Waals surface area contributed by atoms with Crippen molar-refractivity contribution >= 4 is 15.7 Å². The predicted molar refractivity (Wildman–Crippen MR) is 84.7 cm³/mol. The van der Waals surface area contributed by atoms with Crippen molar-refractivity contribution in [2.75, 3.05) is 5.75 Å². The van der Waals surface area contributed by atoms with Crippen molar-refractivity contribution in [1.29, 1.82) is 0 Å². The molecule has 1 N–H and O–H groups in total. The summed E-state index contributed by atoms with van der Waals surface area (Å²) in [5.74, 6) is 0.227. The number of aromatic nitrogens is 3. The van der Waals surface area contributed by atoms with Gasteiger partial charge in [0.1, 0.15) is 5.82 Å². The van der Waals surface area contributed by atoms with E-state index in [2.05, 4.69) is 15.5 Å². The second-order valence-corrected chi connectivity index (χ2v) is 8.61. The van der Waals surface area contributed by atoms with E-state index in [1.807, 2.05) is 0 Å². The van der Waals surface area contributed by atoms with Crippen molar-refractivity contribution in [2.24, 2.45) is 0 Å². The molecule has 0 atom stereocenters. The number of nitrogens with one attached hydrogen (secondary N) is 1. The van der Waals surface area contributed by atoms with E-state index in [1.165, 1.54) is 6.42 Å². The smallest absolute Gasteiger partial charge is 0.249 e. The lowest BCUT2D eigenvalue weighted by Crippen LogP contribution is -2.28. The van der Waals surface area contributed by atoms with E-state index in [-0.39, 0.29) is 35.3 Å². The second-order valence-electron chi connectivity index (χ2n) is 6.60. The Morgan fingerprint density at radius 2 is 1.87 bits per heavy atom. The summed E-state index contributed by atoms with van der Waals surface area (Å²) >= 11 is 0. The number of carbonyl (C=O) groups is 1. The maximum absolute atomic E-state index is 12.6. The Balaban J connectivity index is 1.72. The molecule has 0 aromatic carbocycles. The van der Waals surface area contributed by atoms with Crippen molar-refractivity contribution in [2.45, 2.75) is 75.5 Å². The van der Waals surface area contributed by atoms with Crippen molar-refractivity contribution in [3.8, 4) is 0 Å². The maximum atomic E-state index is 12.6. The lowest BCUT2D eigenvalue weighted by atomic mass is 9.95. The molecule has 0 saturated heterocycles. The molecule has 8 heteroatoms. The van der Waals surface area contributed by atoms with Crippen LogP contribution in [0.25, 0.3) is 0 Å². The normalized spacial score (nSPS) is 19.7. The number of hydrogen-bond donors (Lipinski definition) is 1. The highest BCUT2D eigenvalue weighted by molar-refractivity contribution is 7.91. The molecule has 2 aliphatic rings. The Labute approximate surface area is 136 Å². The molecular weight excluding hydrogens is 316 g/mol. The van der Waals surface area contributed by atoms with Crippen molar-refractivity contribution < 1.29 is 13.2 Å². The minimum atomic E-state index is -3.60. The number of amides is 1. The summed E-state index contributed by atoms with van der Waals surface area (Å²) in [6, 6.07) is 0.405. The van der Waals surface area contributed by atoms with Gasteiger partial charge in [-0.05, 0) is 32.6 Å². The lowest BCUT2D eigenvalue weighted by Gasteiger charge is -2.25. The molecule has 2 aliphatic carbocycles. The van der Waals surface area contributed by atoms with Gasteiger partial charge in [-0.1, -0.05) is 19.3 Å². The standard InChI is InChI=1S/C15H24N4O3S/c1-11-17-18-15(19(11)13-5-3-2-4-6-13)23(21,22)10-9-14(20)16-12-7-8-12/h12-13H,2-10H2,1H3,(H,16,20). The van der Waals surface area contributed by atoms with Gasteiger partial charge in [0.2, 0.25) is 20.9 Å². The zero-order chi connectivity index (χ0) is 16.4. The first-order chi connectivity index (χ1) is 11.0. The van der Waals surface area contributed by atoms with E-state index in [4.69, 9.17) is 0 Å². The third-order valence-corrected chi connectivity index (χ3v) is 6.17. The summed E-state index contributed by atoms with van der Waals surface area (Å²) in [7, 11) is -3.60. The van der Waals surface area contributed by atoms with Crippen LogP contribution in [0.3, 0.4) is 0 Å². The monoisotopic (exact) mass is 340 g/mol. The third-order valence-electron chi connectivity index (χ3n) is 4.59. The molecule has 1 aromatic heterocycles. The first kappa shape index (κ1) is 16.4. The zero-order valence-corrected chi connectivity index (χ0v) is 14.3. The first-order valence-electron chi connectivity index (χ1n) is 8.41. The van der Waals surface area contributed by atoms with Gasteiger partial charge in [0.15, 0.2) is 0 Å². The Morgan fingerprint density at radius 1 is 1.17 bits per heavy atom. The number of hydrogen-bond acceptors (Lipinski definition) is 5. The van der Waals surface area contributed by atoms with Crippen molar-refractivity contribution in [1.82, 2.24) is 20.1 Å². The molecule has 0 unspecified atom stereocenters. The van der Waals surface area contributed by atoms with Crippen LogP contribution in [0.1, 0.15) is 63.2 Å². The van der Waals surface area contributed by atoms with E-state index in [0.29, 0.717) is 5.82 Å². The number of aryl methyl sites for hydroxylation is 1. The zero-order valence-electron chi connectivity index (χ0n) is 13.5. The molecule has 1 heterocycles. The fourth-order valence-electron chi connectivity index (χ4n) is 3.17. The highest BCUT2D eigenvalue weighted by Crippen LogP contribution is 2.31. The summed E-state index contributed by atoms with van der Waals surface area (Å²) in [6.45, 7) is 1.79. The summed E-state index contributed by atoms with van der Waals surface area (Å²) in [4.78, 5) is 11.7. The average Bonchev–Trinajstić information content (AvgIpc) is 3.25. The van der Waals surface area contributed by atoms with Gasteiger partial charge in [0.05, 0.1) is 5.75 Å². The van der Waals surface area contributed by atoms with Crippen molar-refractivity contribution in [3.05, 3.63) is 5.82 Å². The van der Waals surface area contributed by atoms with Crippen LogP contribution in [0.2, 0.25) is 0 Å². The molecule has 0 radical (unpaired) electrons. The predicted octanol–water partition coefficient (Wildman–Crippen LogP) is 1.53. The van der Waals surface area contributed by atoms with E-state index in [1.54, 1.807) is 11.5 Å². The van der Waals surface area contributed by atoms with Gasteiger partial charge in [0, 0.05) is 18.5 Å². The molecule has 2 saturated carbocycles. The molecule has 23 heavy (non-hydrogen) atoms. The summed E-state index contributed by atoms with van der Waals surface area (Å²) in [5.41, 5.74) is 0. The average molecular weight is 340 g/mol. The van der Waals surface area contributed by atoms with Gasteiger partial charge in [-0.3, -0.25) is 9.36 Å². The minimum Gasteiger partial charge on any atom is -0.353 e. The Bertz CT molecular complexity index is 673. The van der Waals surface area contributed by atoms with Crippen LogP contribution >= 0.6 is 0 Å². The van der Waals surface area contributed by atoms with E-state index >= 15 is 0 Å². The van der Waals surface area contributed by atoms with Crippen LogP contribution in [0, 0.1) is 6.92 Å². The Kier molecular flexibility index (Phi) is 4.70. The first-order valence-corrected chi connectivity index (χ1v) is 10.1. The SMILES string of the molecule is Cc1nnc(S(=O)(=O)CCC(=O)NC2CC2)n1C1CCCCC1. The fraction of sp³-hybridized carbons (Fsp3) is 0.800. The largest absolute Gasteiger partial charge is 0.353 e. The van der Waals surface area contributed by atoms with Crippen LogP contribution in [0.4, 0.5) is 0 Å². The molecule has 1 amide bonds. The molecule has 0 spiro atoms. The number of nitrogens with zero attached hydrogens (tertiary/aromatic N) is 3. The topological polar surface area (TPSA) is 94.0 Å². The number of sulfone groups is 1. The summed E-state index contributed by atoms with van der Waals surface area (Å²) in [5, 5.41) is 10.7. The second kappa shape index (κ2) is 6.59. The number of rotatable bonds is 6. The Morgan fingerprint density at radius 3 is 2.52 bits per heavy atom. The molecule has 0 bridgehead atoms. The highest BCUT2D eigenvalue weighted by Gasteiger charge is 2.30. The van der Waals surface area contributed by atoms with Gasteiger partial charge in [0.25, 0.3) is 0 Å². The molecular formula is C15H24N4O3S. The lowest BCUT2D eigenvalue weighted by molar-refractivity contribution is -0.120. The minimum absolute atomic E-state index is 0.0184.